The molecule has 0 unspecified atom stereocenters. The molecular weight excluding hydrogens is 375 g/mol. The van der Waals surface area contributed by atoms with Crippen LogP contribution in [0.25, 0.3) is 10.9 Å². The number of aryl methyl sites for hydroxylation is 1. The Balaban J connectivity index is 1.71. The van der Waals surface area contributed by atoms with E-state index in [4.69, 9.17) is 28.5 Å². The van der Waals surface area contributed by atoms with Crippen LogP contribution in [0.2, 0.25) is 10.0 Å². The molecule has 1 aromatic heterocycles. The van der Waals surface area contributed by atoms with Crippen molar-refractivity contribution in [3.8, 4) is 6.07 Å². The molecule has 0 radical (unpaired) electrons. The molecule has 0 saturated heterocycles. The number of halogens is 2. The van der Waals surface area contributed by atoms with E-state index in [1.54, 1.807) is 24.3 Å². The molecule has 130 valence electrons. The first-order valence-electron chi connectivity index (χ1n) is 7.62. The summed E-state index contributed by atoms with van der Waals surface area (Å²) in [5, 5.41) is 12.6. The zero-order valence-electron chi connectivity index (χ0n) is 13.4. The third kappa shape index (κ3) is 3.85. The molecule has 3 aromatic rings. The highest BCUT2D eigenvalue weighted by Gasteiger charge is 2.09. The molecule has 26 heavy (non-hydrogen) atoms. The van der Waals surface area contributed by atoms with Gasteiger partial charge in [0.25, 0.3) is 5.56 Å². The van der Waals surface area contributed by atoms with Crippen molar-refractivity contribution >= 4 is 45.7 Å². The summed E-state index contributed by atoms with van der Waals surface area (Å²) in [6.07, 6.45) is 1.48. The summed E-state index contributed by atoms with van der Waals surface area (Å²) in [6, 6.07) is 11.5. The monoisotopic (exact) mass is 386 g/mol. The number of hydrogen-bond donors (Lipinski definition) is 1. The third-order valence-corrected chi connectivity index (χ3v) is 4.29. The van der Waals surface area contributed by atoms with Crippen LogP contribution in [0.5, 0.6) is 0 Å². The first-order valence-corrected chi connectivity index (χ1v) is 8.38. The van der Waals surface area contributed by atoms with Gasteiger partial charge in [0.05, 0.1) is 27.8 Å². The number of carbonyl (C=O) groups is 1. The van der Waals surface area contributed by atoms with E-state index in [9.17, 15) is 9.59 Å². The number of nitrogens with zero attached hydrogens (tertiary/aromatic N) is 3. The summed E-state index contributed by atoms with van der Waals surface area (Å²) in [5.74, 6) is -0.288. The lowest BCUT2D eigenvalue weighted by Gasteiger charge is -2.08. The second-order valence-corrected chi connectivity index (χ2v) is 6.35. The van der Waals surface area contributed by atoms with Crippen molar-refractivity contribution in [2.75, 3.05) is 5.32 Å². The highest BCUT2D eigenvalue weighted by molar-refractivity contribution is 6.32. The number of nitrogens with one attached hydrogen (secondary N) is 1. The van der Waals surface area contributed by atoms with Gasteiger partial charge in [-0.05, 0) is 36.4 Å². The lowest BCUT2D eigenvalue weighted by molar-refractivity contribution is -0.116. The lowest BCUT2D eigenvalue weighted by atomic mass is 10.2. The topological polar surface area (TPSA) is 87.8 Å². The van der Waals surface area contributed by atoms with E-state index in [2.05, 4.69) is 10.3 Å². The molecule has 0 aliphatic rings. The lowest BCUT2D eigenvalue weighted by Crippen LogP contribution is -2.23. The van der Waals surface area contributed by atoms with E-state index in [0.29, 0.717) is 27.2 Å². The Morgan fingerprint density at radius 3 is 2.77 bits per heavy atom. The Kier molecular flexibility index (Phi) is 5.21. The Hall–Kier alpha value is -2.88. The van der Waals surface area contributed by atoms with Crippen molar-refractivity contribution in [2.45, 2.75) is 13.0 Å². The normalized spacial score (nSPS) is 10.5. The molecule has 0 fully saturated rings. The maximum Gasteiger partial charge on any atom is 0.261 e. The Morgan fingerprint density at radius 1 is 1.23 bits per heavy atom. The fourth-order valence-electron chi connectivity index (χ4n) is 2.42. The number of amides is 1. The third-order valence-electron chi connectivity index (χ3n) is 3.74. The van der Waals surface area contributed by atoms with E-state index in [0.717, 1.165) is 0 Å². The number of anilines is 1. The highest BCUT2D eigenvalue weighted by Crippen LogP contribution is 2.20. The first kappa shape index (κ1) is 17.9. The molecule has 2 aromatic carbocycles. The van der Waals surface area contributed by atoms with E-state index >= 15 is 0 Å². The van der Waals surface area contributed by atoms with Crippen molar-refractivity contribution in [1.29, 1.82) is 5.26 Å². The van der Waals surface area contributed by atoms with Gasteiger partial charge in [-0.2, -0.15) is 5.26 Å². The minimum atomic E-state index is -0.288. The van der Waals surface area contributed by atoms with Gasteiger partial charge in [-0.15, -0.1) is 0 Å². The van der Waals surface area contributed by atoms with E-state index < -0.39 is 0 Å². The molecule has 3 rings (SSSR count). The molecule has 0 atom stereocenters. The minimum absolute atomic E-state index is 0.0747. The maximum atomic E-state index is 12.5. The number of aromatic nitrogens is 2. The standard InChI is InChI=1S/C18H12Cl2N4O2/c19-12-2-4-16-14(7-12)18(26)24(10-22-16)6-5-17(25)23-13-3-1-11(9-21)15(20)8-13/h1-4,7-8,10H,5-6H2,(H,23,25). The van der Waals surface area contributed by atoms with Crippen LogP contribution < -0.4 is 10.9 Å². The van der Waals surface area contributed by atoms with Crippen molar-refractivity contribution in [2.24, 2.45) is 0 Å². The molecule has 0 aliphatic heterocycles. The van der Waals surface area contributed by atoms with Crippen LogP contribution in [-0.2, 0) is 11.3 Å². The number of carbonyl (C=O) groups excluding carboxylic acids is 1. The van der Waals surface area contributed by atoms with E-state index in [1.807, 2.05) is 6.07 Å². The summed E-state index contributed by atoms with van der Waals surface area (Å²) in [5.41, 5.74) is 1.10. The van der Waals surface area contributed by atoms with Gasteiger partial charge in [-0.1, -0.05) is 23.2 Å². The molecular formula is C18H12Cl2N4O2. The van der Waals surface area contributed by atoms with Gasteiger partial charge in [-0.25, -0.2) is 4.98 Å². The predicted molar refractivity (Wildman–Crippen MR) is 100 cm³/mol. The maximum absolute atomic E-state index is 12.5. The first-order chi connectivity index (χ1) is 12.5. The van der Waals surface area contributed by atoms with Crippen molar-refractivity contribution in [1.82, 2.24) is 9.55 Å². The number of hydrogen-bond acceptors (Lipinski definition) is 4. The van der Waals surface area contributed by atoms with Gasteiger partial charge in [0.1, 0.15) is 6.07 Å². The smallest absolute Gasteiger partial charge is 0.261 e. The van der Waals surface area contributed by atoms with Crippen LogP contribution in [-0.4, -0.2) is 15.5 Å². The highest BCUT2D eigenvalue weighted by atomic mass is 35.5. The molecule has 1 amide bonds. The largest absolute Gasteiger partial charge is 0.326 e. The average Bonchev–Trinajstić information content (AvgIpc) is 2.62. The fraction of sp³-hybridized carbons (Fsp3) is 0.111. The van der Waals surface area contributed by atoms with Crippen LogP contribution in [0.3, 0.4) is 0 Å². The summed E-state index contributed by atoms with van der Waals surface area (Å²) < 4.78 is 1.37. The zero-order valence-corrected chi connectivity index (χ0v) is 14.9. The Labute approximate surface area is 158 Å². The van der Waals surface area contributed by atoms with Crippen LogP contribution in [0.4, 0.5) is 5.69 Å². The van der Waals surface area contributed by atoms with E-state index in [-0.39, 0.29) is 29.5 Å². The second kappa shape index (κ2) is 7.56. The zero-order chi connectivity index (χ0) is 18.7. The van der Waals surface area contributed by atoms with Gasteiger partial charge in [-0.3, -0.25) is 14.2 Å². The van der Waals surface area contributed by atoms with Gasteiger partial charge in [0, 0.05) is 23.7 Å². The molecule has 8 heteroatoms. The number of fused-ring (bicyclic) bond motifs is 1. The SMILES string of the molecule is N#Cc1ccc(NC(=O)CCn2cnc3ccc(Cl)cc3c2=O)cc1Cl. The number of rotatable bonds is 4. The van der Waals surface area contributed by atoms with Gasteiger partial charge < -0.3 is 5.32 Å². The van der Waals surface area contributed by atoms with Crippen LogP contribution >= 0.6 is 23.2 Å². The summed E-state index contributed by atoms with van der Waals surface area (Å²) >= 11 is 11.9. The molecule has 6 nitrogen and oxygen atoms in total. The quantitative estimate of drug-likeness (QED) is 0.741. The van der Waals surface area contributed by atoms with Gasteiger partial charge in [0.15, 0.2) is 0 Å². The van der Waals surface area contributed by atoms with Crippen LogP contribution in [0, 0.1) is 11.3 Å². The molecule has 0 aliphatic carbocycles. The summed E-state index contributed by atoms with van der Waals surface area (Å²) in [7, 11) is 0. The number of nitriles is 1. The van der Waals surface area contributed by atoms with Crippen molar-refractivity contribution < 1.29 is 4.79 Å². The molecule has 0 saturated carbocycles. The van der Waals surface area contributed by atoms with Crippen molar-refractivity contribution in [3.05, 3.63) is 68.7 Å². The van der Waals surface area contributed by atoms with Gasteiger partial charge >= 0.3 is 0 Å². The van der Waals surface area contributed by atoms with E-state index in [1.165, 1.54) is 23.0 Å². The second-order valence-electron chi connectivity index (χ2n) is 5.51. The van der Waals surface area contributed by atoms with Gasteiger partial charge in [0.2, 0.25) is 5.91 Å². The summed E-state index contributed by atoms with van der Waals surface area (Å²) in [4.78, 5) is 28.8. The predicted octanol–water partition coefficient (Wildman–Crippen LogP) is 3.60. The van der Waals surface area contributed by atoms with Crippen LogP contribution in [0.15, 0.2) is 47.5 Å². The Bertz CT molecular complexity index is 1100. The average molecular weight is 387 g/mol. The van der Waals surface area contributed by atoms with Crippen molar-refractivity contribution in [3.63, 3.8) is 0 Å². The number of benzene rings is 2. The summed E-state index contributed by atoms with van der Waals surface area (Å²) in [6.45, 7) is 0.171. The van der Waals surface area contributed by atoms with Crippen LogP contribution in [0.1, 0.15) is 12.0 Å². The molecule has 0 bridgehead atoms. The molecule has 0 spiro atoms. The minimum Gasteiger partial charge on any atom is -0.326 e. The molecule has 1 N–H and O–H groups in total. The fourth-order valence-corrected chi connectivity index (χ4v) is 2.81. The molecule has 1 heterocycles. The Morgan fingerprint density at radius 2 is 2.04 bits per heavy atom.